The number of rotatable bonds is 4. The Balaban J connectivity index is 2.44. The van der Waals surface area contributed by atoms with Crippen LogP contribution in [0.15, 0.2) is 12.1 Å². The van der Waals surface area contributed by atoms with E-state index in [0.29, 0.717) is 6.42 Å². The minimum Gasteiger partial charge on any atom is -0.328 e. The number of carbonyl (C=O) groups is 2. The van der Waals surface area contributed by atoms with Crippen molar-refractivity contribution in [3.05, 3.63) is 34.9 Å². The number of halogens is 2. The summed E-state index contributed by atoms with van der Waals surface area (Å²) in [6, 6.07) is 1.10. The number of carbonyl (C=O) groups excluding carboxylic acids is 2. The lowest BCUT2D eigenvalue weighted by Crippen LogP contribution is -2.44. The highest BCUT2D eigenvalue weighted by Crippen LogP contribution is 2.27. The smallest absolute Gasteiger partial charge is 0.261 e. The first kappa shape index (κ1) is 13.6. The van der Waals surface area contributed by atoms with Crippen LogP contribution < -0.4 is 5.73 Å². The minimum absolute atomic E-state index is 0.0987. The van der Waals surface area contributed by atoms with Gasteiger partial charge < -0.3 is 5.73 Å². The van der Waals surface area contributed by atoms with Crippen LogP contribution in [0.25, 0.3) is 0 Å². The van der Waals surface area contributed by atoms with Crippen LogP contribution in [0.1, 0.15) is 40.5 Å². The molecular weight excluding hydrogens is 254 g/mol. The van der Waals surface area contributed by atoms with Crippen molar-refractivity contribution in [1.29, 1.82) is 0 Å². The van der Waals surface area contributed by atoms with Gasteiger partial charge in [-0.3, -0.25) is 14.5 Å². The number of nitrogens with zero attached hydrogens (tertiary/aromatic N) is 1. The second kappa shape index (κ2) is 5.05. The molecule has 1 aliphatic rings. The van der Waals surface area contributed by atoms with Gasteiger partial charge in [-0.15, -0.1) is 0 Å². The Hall–Kier alpha value is -1.82. The highest BCUT2D eigenvalue weighted by atomic mass is 19.2. The zero-order valence-corrected chi connectivity index (χ0v) is 10.5. The number of hydrogen-bond donors (Lipinski definition) is 1. The molecule has 2 amide bonds. The molecule has 0 aliphatic carbocycles. The van der Waals surface area contributed by atoms with Gasteiger partial charge in [0.05, 0.1) is 17.2 Å². The molecule has 0 fully saturated rings. The fourth-order valence-electron chi connectivity index (χ4n) is 2.27. The highest BCUT2D eigenvalue weighted by Gasteiger charge is 2.40. The van der Waals surface area contributed by atoms with Crippen LogP contribution in [0.4, 0.5) is 8.78 Å². The summed E-state index contributed by atoms with van der Waals surface area (Å²) >= 11 is 0. The van der Waals surface area contributed by atoms with Crippen molar-refractivity contribution < 1.29 is 18.4 Å². The fraction of sp³-hybridized carbons (Fsp3) is 0.385. The molecular formula is C13H14F2N2O2. The molecule has 4 nitrogen and oxygen atoms in total. The summed E-state index contributed by atoms with van der Waals surface area (Å²) in [6.45, 7) is 2.03. The Bertz CT molecular complexity index is 505. The number of imide groups is 1. The largest absolute Gasteiger partial charge is 0.328 e. The van der Waals surface area contributed by atoms with Crippen molar-refractivity contribution in [2.75, 3.05) is 6.54 Å². The molecule has 6 heteroatoms. The third-order valence-corrected chi connectivity index (χ3v) is 3.22. The van der Waals surface area contributed by atoms with E-state index in [9.17, 15) is 18.4 Å². The van der Waals surface area contributed by atoms with Crippen LogP contribution in [-0.4, -0.2) is 29.3 Å². The lowest BCUT2D eigenvalue weighted by Gasteiger charge is -2.24. The normalized spacial score (nSPS) is 15.9. The van der Waals surface area contributed by atoms with Crippen molar-refractivity contribution in [2.45, 2.75) is 25.8 Å². The molecule has 0 spiro atoms. The van der Waals surface area contributed by atoms with E-state index in [1.165, 1.54) is 0 Å². The van der Waals surface area contributed by atoms with E-state index in [0.717, 1.165) is 23.5 Å². The molecule has 2 rings (SSSR count). The zero-order chi connectivity index (χ0) is 14.2. The highest BCUT2D eigenvalue weighted by molar-refractivity contribution is 6.21. The first-order valence-electron chi connectivity index (χ1n) is 6.08. The Morgan fingerprint density at radius 3 is 2.00 bits per heavy atom. The predicted octanol–water partition coefficient (Wildman–Crippen LogP) is 1.69. The number of amides is 2. The van der Waals surface area contributed by atoms with Crippen LogP contribution in [0.2, 0.25) is 0 Å². The standard InChI is InChI=1S/C13H14F2N2O2/c1-2-3-7(6-16)17-12(18)8-4-10(14)11(15)5-9(8)13(17)19/h4-5,7H,2-3,6,16H2,1H3. The van der Waals surface area contributed by atoms with Crippen molar-refractivity contribution in [1.82, 2.24) is 4.90 Å². The van der Waals surface area contributed by atoms with E-state index in [2.05, 4.69) is 0 Å². The van der Waals surface area contributed by atoms with Crippen LogP contribution >= 0.6 is 0 Å². The third kappa shape index (κ3) is 2.12. The number of benzene rings is 1. The van der Waals surface area contributed by atoms with Crippen molar-refractivity contribution >= 4 is 11.8 Å². The minimum atomic E-state index is -1.14. The van der Waals surface area contributed by atoms with Gasteiger partial charge in [0.2, 0.25) is 0 Å². The second-order valence-corrected chi connectivity index (χ2v) is 4.47. The van der Waals surface area contributed by atoms with Crippen molar-refractivity contribution in [3.63, 3.8) is 0 Å². The van der Waals surface area contributed by atoms with Crippen LogP contribution in [0, 0.1) is 11.6 Å². The van der Waals surface area contributed by atoms with Gasteiger partial charge in [0.15, 0.2) is 11.6 Å². The van der Waals surface area contributed by atoms with Gasteiger partial charge in [0, 0.05) is 6.54 Å². The molecule has 0 radical (unpaired) electrons. The van der Waals surface area contributed by atoms with Crippen LogP contribution in [0.5, 0.6) is 0 Å². The predicted molar refractivity (Wildman–Crippen MR) is 64.6 cm³/mol. The number of fused-ring (bicyclic) bond motifs is 1. The zero-order valence-electron chi connectivity index (χ0n) is 10.5. The van der Waals surface area contributed by atoms with E-state index in [-0.39, 0.29) is 17.7 Å². The first-order valence-corrected chi connectivity index (χ1v) is 6.08. The summed E-state index contributed by atoms with van der Waals surface area (Å²) in [6.07, 6.45) is 1.31. The molecule has 1 unspecified atom stereocenters. The maximum absolute atomic E-state index is 13.2. The number of nitrogens with two attached hydrogens (primary N) is 1. The molecule has 1 aromatic carbocycles. The molecule has 1 heterocycles. The molecule has 2 N–H and O–H groups in total. The van der Waals surface area contributed by atoms with Gasteiger partial charge in [0.25, 0.3) is 11.8 Å². The van der Waals surface area contributed by atoms with Gasteiger partial charge >= 0.3 is 0 Å². The Morgan fingerprint density at radius 2 is 1.63 bits per heavy atom. The summed E-state index contributed by atoms with van der Waals surface area (Å²) in [4.78, 5) is 25.2. The first-order chi connectivity index (χ1) is 9.01. The van der Waals surface area contributed by atoms with E-state index < -0.39 is 29.5 Å². The van der Waals surface area contributed by atoms with Crippen molar-refractivity contribution in [2.24, 2.45) is 5.73 Å². The van der Waals surface area contributed by atoms with Crippen LogP contribution in [-0.2, 0) is 0 Å². The van der Waals surface area contributed by atoms with E-state index in [4.69, 9.17) is 5.73 Å². The average Bonchev–Trinajstić information content (AvgIpc) is 2.61. The fourth-order valence-corrected chi connectivity index (χ4v) is 2.27. The van der Waals surface area contributed by atoms with Crippen LogP contribution in [0.3, 0.4) is 0 Å². The third-order valence-electron chi connectivity index (χ3n) is 3.22. The van der Waals surface area contributed by atoms with E-state index in [1.807, 2.05) is 6.92 Å². The van der Waals surface area contributed by atoms with Gasteiger partial charge in [-0.05, 0) is 18.6 Å². The van der Waals surface area contributed by atoms with Gasteiger partial charge in [-0.25, -0.2) is 8.78 Å². The molecule has 0 bridgehead atoms. The van der Waals surface area contributed by atoms with E-state index >= 15 is 0 Å². The average molecular weight is 268 g/mol. The Morgan fingerprint density at radius 1 is 1.16 bits per heavy atom. The SMILES string of the molecule is CCCC(CN)N1C(=O)c2cc(F)c(F)cc2C1=O. The quantitative estimate of drug-likeness (QED) is 0.845. The summed E-state index contributed by atoms with van der Waals surface area (Å²) in [5.74, 6) is -3.49. The Labute approximate surface area is 109 Å². The summed E-state index contributed by atoms with van der Waals surface area (Å²) in [5.41, 5.74) is 5.37. The van der Waals surface area contributed by atoms with Gasteiger partial charge in [-0.1, -0.05) is 13.3 Å². The monoisotopic (exact) mass is 268 g/mol. The molecule has 0 saturated heterocycles. The molecule has 1 aliphatic heterocycles. The maximum Gasteiger partial charge on any atom is 0.261 e. The molecule has 102 valence electrons. The molecule has 0 aromatic heterocycles. The summed E-state index contributed by atoms with van der Waals surface area (Å²) < 4.78 is 26.3. The Kier molecular flexibility index (Phi) is 3.61. The lowest BCUT2D eigenvalue weighted by molar-refractivity contribution is 0.0581. The van der Waals surface area contributed by atoms with Gasteiger partial charge in [-0.2, -0.15) is 0 Å². The molecule has 0 saturated carbocycles. The maximum atomic E-state index is 13.2. The molecule has 19 heavy (non-hydrogen) atoms. The summed E-state index contributed by atoms with van der Waals surface area (Å²) in [7, 11) is 0. The van der Waals surface area contributed by atoms with Crippen molar-refractivity contribution in [3.8, 4) is 0 Å². The second-order valence-electron chi connectivity index (χ2n) is 4.47. The van der Waals surface area contributed by atoms with E-state index in [1.54, 1.807) is 0 Å². The topological polar surface area (TPSA) is 63.4 Å². The molecule has 1 aromatic rings. The van der Waals surface area contributed by atoms with Gasteiger partial charge in [0.1, 0.15) is 0 Å². The number of hydrogen-bond acceptors (Lipinski definition) is 3. The molecule has 1 atom stereocenters. The summed E-state index contributed by atoms with van der Waals surface area (Å²) in [5, 5.41) is 0. The lowest BCUT2D eigenvalue weighted by atomic mass is 10.1.